The van der Waals surface area contributed by atoms with Crippen LogP contribution in [0.15, 0.2) is 67.3 Å². The molecule has 26 heteroatoms. The van der Waals surface area contributed by atoms with Gasteiger partial charge in [0.25, 0.3) is 13.7 Å². The number of aromatic nitrogens is 4. The number of nitrogens with zero attached hydrogens (tertiary/aromatic N) is 7. The molecule has 3 aromatic carbocycles. The number of aliphatic hydroxyl groups excluding tert-OH is 1. The molecule has 1 fully saturated rings. The second-order valence-electron chi connectivity index (χ2n) is 20.2. The van der Waals surface area contributed by atoms with E-state index in [1.54, 1.807) is 11.9 Å². The van der Waals surface area contributed by atoms with Gasteiger partial charge in [0.15, 0.2) is 17.0 Å². The molecule has 0 bridgehead atoms. The molecule has 6 N–H and O–H groups in total. The fourth-order valence-corrected chi connectivity index (χ4v) is 13.4. The third-order valence-electron chi connectivity index (χ3n) is 14.3. The number of ether oxygens (including phenoxy) is 1. The number of nitrogens with one attached hydrogen (secondary N) is 2. The van der Waals surface area contributed by atoms with E-state index in [-0.39, 0.29) is 30.1 Å². The molecule has 416 valence electrons. The average molecular weight is 1120 g/mol. The maximum atomic E-state index is 14.4. The molecule has 2 aliphatic heterocycles. The summed E-state index contributed by atoms with van der Waals surface area (Å²) < 4.78 is 56.2. The number of anilines is 2. The van der Waals surface area contributed by atoms with Crippen LogP contribution >= 0.6 is 23.5 Å². The highest BCUT2D eigenvalue weighted by molar-refractivity contribution is 7.66. The predicted molar refractivity (Wildman–Crippen MR) is 285 cm³/mol. The van der Waals surface area contributed by atoms with Crippen LogP contribution in [0.5, 0.6) is 0 Å². The second kappa shape index (κ2) is 24.0. The number of aliphatic hydroxyl groups is 1. The second-order valence-corrected chi connectivity index (χ2v) is 24.6. The molecule has 2 aromatic heterocycles. The number of phosphoric acid groups is 3. The Labute approximate surface area is 446 Å². The van der Waals surface area contributed by atoms with Crippen LogP contribution in [0.25, 0.3) is 16.7 Å². The van der Waals surface area contributed by atoms with Crippen molar-refractivity contribution >= 4 is 63.5 Å². The van der Waals surface area contributed by atoms with Gasteiger partial charge in [-0.15, -0.1) is 0 Å². The Morgan fingerprint density at radius 3 is 2.42 bits per heavy atom. The number of carbonyl (C=O) groups excluding carboxylic acids is 2. The zero-order valence-electron chi connectivity index (χ0n) is 44.0. The number of phosphoric ester groups is 1. The van der Waals surface area contributed by atoms with Crippen LogP contribution < -0.4 is 35.6 Å². The van der Waals surface area contributed by atoms with Crippen molar-refractivity contribution in [1.29, 1.82) is 0 Å². The lowest BCUT2D eigenvalue weighted by molar-refractivity contribution is -0.212. The molecular formula is C51H68N9O14P3. The smallest absolute Gasteiger partial charge is 0.487 e. The van der Waals surface area contributed by atoms with E-state index in [0.717, 1.165) is 74.0 Å². The van der Waals surface area contributed by atoms with Crippen molar-refractivity contribution in [2.24, 2.45) is 0 Å². The number of hydrogen-bond donors (Lipinski definition) is 6. The van der Waals surface area contributed by atoms with E-state index in [9.17, 15) is 43.1 Å². The van der Waals surface area contributed by atoms with E-state index in [1.165, 1.54) is 44.5 Å². The van der Waals surface area contributed by atoms with E-state index in [1.807, 2.05) is 18.2 Å². The highest BCUT2D eigenvalue weighted by atomic mass is 31.3. The van der Waals surface area contributed by atoms with E-state index >= 15 is 0 Å². The maximum absolute atomic E-state index is 14.4. The first kappa shape index (κ1) is 57.9. The van der Waals surface area contributed by atoms with Crippen LogP contribution in [0.4, 0.5) is 11.5 Å². The number of unbranched alkanes of at least 4 members (excludes halogenated alkanes) is 3. The van der Waals surface area contributed by atoms with Gasteiger partial charge in [-0.1, -0.05) is 51.0 Å². The van der Waals surface area contributed by atoms with Crippen molar-refractivity contribution < 1.29 is 65.8 Å². The summed E-state index contributed by atoms with van der Waals surface area (Å²) in [6.07, 6.45) is 5.58. The van der Waals surface area contributed by atoms with Crippen molar-refractivity contribution in [3.05, 3.63) is 111 Å². The molecule has 0 radical (unpaired) electrons. The van der Waals surface area contributed by atoms with E-state index in [2.05, 4.69) is 119 Å². The third kappa shape index (κ3) is 13.6. The van der Waals surface area contributed by atoms with E-state index < -0.39 is 48.5 Å². The Hall–Kier alpha value is -5.25. The molecule has 6 atom stereocenters. The number of carbonyl (C=O) groups is 2. The van der Waals surface area contributed by atoms with Gasteiger partial charge in [0.1, 0.15) is 31.7 Å². The summed E-state index contributed by atoms with van der Waals surface area (Å²) >= 11 is 0. The Morgan fingerprint density at radius 2 is 1.68 bits per heavy atom. The Kier molecular flexibility index (Phi) is 18.1. The zero-order chi connectivity index (χ0) is 55.5. The van der Waals surface area contributed by atoms with Gasteiger partial charge < -0.3 is 49.9 Å². The Morgan fingerprint density at radius 1 is 0.922 bits per heavy atom. The molecule has 1 aliphatic carbocycles. The van der Waals surface area contributed by atoms with Gasteiger partial charge in [0, 0.05) is 88.3 Å². The molecule has 5 aromatic rings. The average Bonchev–Trinajstić information content (AvgIpc) is 4.13. The maximum Gasteiger partial charge on any atom is 0.487 e. The van der Waals surface area contributed by atoms with Gasteiger partial charge in [-0.2, -0.15) is 4.31 Å². The van der Waals surface area contributed by atoms with Crippen molar-refractivity contribution in [3.8, 4) is 0 Å². The number of hydrogen-bond acceptors (Lipinski definition) is 16. The number of rotatable bonds is 24. The normalized spacial score (nSPS) is 20.1. The number of imidazole rings is 1. The molecule has 3 aliphatic rings. The molecular weight excluding hydrogens is 1060 g/mol. The van der Waals surface area contributed by atoms with Crippen LogP contribution in [0, 0.1) is 0 Å². The summed E-state index contributed by atoms with van der Waals surface area (Å²) in [5, 5.41) is 19.4. The molecule has 4 heterocycles. The SMILES string of the molecule is CC[N+]1=c2cc3c(cc2CCC1)=C(c1ccccc1C(=O)N(C)CCCC(=O)NCCCCCCNc1ncnc2c1ncn2[C@H]1C[C@H](O)[C@@H](COP(=O)(O)OP(=O)(O)OP(=O)([O-])O)O1)c1ccc(N(C)C)cc1C3(C)C. The number of aryl methyl sites for hydroxylation is 1. The summed E-state index contributed by atoms with van der Waals surface area (Å²) in [6.45, 7) is 9.50. The lowest BCUT2D eigenvalue weighted by Crippen LogP contribution is -2.43. The van der Waals surface area contributed by atoms with Gasteiger partial charge in [-0.25, -0.2) is 33.0 Å². The number of amides is 2. The Bertz CT molecular complexity index is 3300. The molecule has 2 amide bonds. The van der Waals surface area contributed by atoms with Gasteiger partial charge in [-0.05, 0) is 89.9 Å². The lowest BCUT2D eigenvalue weighted by atomic mass is 9.68. The molecule has 23 nitrogen and oxygen atoms in total. The standard InChI is InChI=1S/C51H68N9O14P3/c1-7-59-25-14-16-33-26-38-40(28-41(33)59)51(2,3)39-27-34(57(4)5)20-21-37(39)46(38)35-17-10-11-18-36(35)50(63)58(6)24-15-19-44(62)52-22-12-8-9-13-23-53-48-47-49(55-31-54-48)60(32-56-47)45-29-42(61)43(72-45)30-71-76(67,68)74-77(69,70)73-75(64,65)66/h10-11,17-18,20-21,26-28,31-32,42-43,45,61H,7-9,12-16,19,22-25,29-30H2,1-6H3,(H5-,52,53,54,55,62,64,65,66,67,68,69,70)/t42-,43+,45+/m0/s1. The molecule has 0 spiro atoms. The van der Waals surface area contributed by atoms with Crippen LogP contribution in [0.2, 0.25) is 0 Å². The highest BCUT2D eigenvalue weighted by Gasteiger charge is 2.42. The van der Waals surface area contributed by atoms with Crippen LogP contribution in [0.1, 0.15) is 117 Å². The summed E-state index contributed by atoms with van der Waals surface area (Å²) in [6, 6.07) is 19.4. The van der Waals surface area contributed by atoms with Crippen LogP contribution in [-0.4, -0.2) is 129 Å². The van der Waals surface area contributed by atoms with Crippen molar-refractivity contribution in [2.75, 3.05) is 70.7 Å². The largest absolute Gasteiger partial charge is 0.756 e. The first-order chi connectivity index (χ1) is 36.5. The molecule has 3 unspecified atom stereocenters. The van der Waals surface area contributed by atoms with Gasteiger partial charge >= 0.3 is 15.6 Å². The minimum absolute atomic E-state index is 0.0352. The molecule has 77 heavy (non-hydrogen) atoms. The minimum Gasteiger partial charge on any atom is -0.756 e. The van der Waals surface area contributed by atoms with Gasteiger partial charge in [-0.3, -0.25) is 23.2 Å². The van der Waals surface area contributed by atoms with Gasteiger partial charge in [0.05, 0.1) is 19.0 Å². The van der Waals surface area contributed by atoms with Gasteiger partial charge in [0.2, 0.25) is 11.3 Å². The Balaban J connectivity index is 0.792. The van der Waals surface area contributed by atoms with Crippen LogP contribution in [0.3, 0.4) is 0 Å². The molecule has 8 rings (SSSR count). The first-order valence-electron chi connectivity index (χ1n) is 25.7. The monoisotopic (exact) mass is 1120 g/mol. The zero-order valence-corrected chi connectivity index (χ0v) is 46.7. The summed E-state index contributed by atoms with van der Waals surface area (Å²) in [4.78, 5) is 82.8. The van der Waals surface area contributed by atoms with Crippen molar-refractivity contribution in [3.63, 3.8) is 0 Å². The fourth-order valence-electron chi connectivity index (χ4n) is 10.4. The number of benzene rings is 3. The van der Waals surface area contributed by atoms with Crippen LogP contribution in [-0.2, 0) is 48.2 Å². The topological polar surface area (TPSA) is 303 Å². The molecule has 1 saturated heterocycles. The quantitative estimate of drug-likeness (QED) is 0.0286. The minimum atomic E-state index is -5.82. The van der Waals surface area contributed by atoms with E-state index in [0.29, 0.717) is 48.6 Å². The van der Waals surface area contributed by atoms with Crippen molar-refractivity contribution in [1.82, 2.24) is 34.3 Å². The summed E-state index contributed by atoms with van der Waals surface area (Å²) in [5.74, 6) is 0.300. The molecule has 0 saturated carbocycles. The highest BCUT2D eigenvalue weighted by Crippen LogP contribution is 2.65. The third-order valence-corrected chi connectivity index (χ3v) is 18.1. The lowest BCUT2D eigenvalue weighted by Gasteiger charge is -2.36. The first-order valence-corrected chi connectivity index (χ1v) is 30.2. The van der Waals surface area contributed by atoms with E-state index in [4.69, 9.17) is 9.63 Å². The fraction of sp³-hybridized carbons (Fsp3) is 0.490. The number of fused-ring (bicyclic) bond motifs is 4. The summed E-state index contributed by atoms with van der Waals surface area (Å²) in [5.41, 5.74) is 9.15. The summed E-state index contributed by atoms with van der Waals surface area (Å²) in [7, 11) is -11.1. The predicted octanol–water partition coefficient (Wildman–Crippen LogP) is 4.24. The van der Waals surface area contributed by atoms with Crippen molar-refractivity contribution in [2.45, 2.75) is 102 Å².